The van der Waals surface area contributed by atoms with Crippen LogP contribution in [0.3, 0.4) is 0 Å². The van der Waals surface area contributed by atoms with E-state index in [1.807, 2.05) is 30.0 Å². The van der Waals surface area contributed by atoms with Crippen LogP contribution in [0.5, 0.6) is 0 Å². The minimum atomic E-state index is -0.717. The van der Waals surface area contributed by atoms with Gasteiger partial charge < -0.3 is 10.2 Å². The molecule has 1 aromatic heterocycles. The summed E-state index contributed by atoms with van der Waals surface area (Å²) in [5.41, 5.74) is 8.46. The number of carbonyl (C=O) groups is 2. The molecule has 2 fully saturated rings. The maximum Gasteiger partial charge on any atom is 0.228 e. The van der Waals surface area contributed by atoms with Crippen molar-refractivity contribution in [3.05, 3.63) is 61.2 Å². The van der Waals surface area contributed by atoms with Crippen LogP contribution < -0.4 is 16.2 Å². The number of amides is 2. The molecule has 4 rings (SSSR count). The Morgan fingerprint density at radius 2 is 2.09 bits per heavy atom. The zero-order valence-electron chi connectivity index (χ0n) is 19.1. The van der Waals surface area contributed by atoms with E-state index in [2.05, 4.69) is 38.8 Å². The summed E-state index contributed by atoms with van der Waals surface area (Å²) in [5, 5.41) is 3.02. The molecule has 8 nitrogen and oxygen atoms in total. The Kier molecular flexibility index (Phi) is 7.15. The van der Waals surface area contributed by atoms with Crippen molar-refractivity contribution in [1.29, 1.82) is 0 Å². The zero-order valence-corrected chi connectivity index (χ0v) is 19.1. The fraction of sp³-hybridized carbons (Fsp3) is 0.440. The number of hydrogen-bond donors (Lipinski definition) is 3. The summed E-state index contributed by atoms with van der Waals surface area (Å²) < 4.78 is 0. The van der Waals surface area contributed by atoms with Crippen molar-refractivity contribution in [2.45, 2.75) is 32.2 Å². The third kappa shape index (κ3) is 4.96. The van der Waals surface area contributed by atoms with Crippen LogP contribution in [0.4, 0.5) is 0 Å². The molecular formula is C25H32N6O2. The lowest BCUT2D eigenvalue weighted by Gasteiger charge is -2.43. The molecule has 3 N–H and O–H groups in total. The second-order valence-electron chi connectivity index (χ2n) is 9.02. The Balaban J connectivity index is 1.65. The third-order valence-electron chi connectivity index (χ3n) is 6.77. The molecule has 0 spiro atoms. The minimum Gasteiger partial charge on any atom is -0.352 e. The number of carbonyl (C=O) groups excluding carboxylic acids is 2. The first-order valence-corrected chi connectivity index (χ1v) is 11.5. The molecule has 2 aliphatic rings. The largest absolute Gasteiger partial charge is 0.352 e. The molecule has 33 heavy (non-hydrogen) atoms. The van der Waals surface area contributed by atoms with Crippen LogP contribution in [0.1, 0.15) is 25.3 Å². The van der Waals surface area contributed by atoms with E-state index in [1.165, 1.54) is 6.33 Å². The summed E-state index contributed by atoms with van der Waals surface area (Å²) in [5.74, 6) is -0.0640. The highest BCUT2D eigenvalue weighted by molar-refractivity contribution is 5.86. The van der Waals surface area contributed by atoms with Gasteiger partial charge in [-0.2, -0.15) is 0 Å². The van der Waals surface area contributed by atoms with Crippen LogP contribution in [0.2, 0.25) is 0 Å². The molecule has 2 amide bonds. The number of benzene rings is 1. The molecule has 0 saturated carbocycles. The lowest BCUT2D eigenvalue weighted by molar-refractivity contribution is -0.144. The molecule has 0 aliphatic carbocycles. The summed E-state index contributed by atoms with van der Waals surface area (Å²) in [6.45, 7) is 7.82. The number of hydrogen-bond acceptors (Lipinski definition) is 6. The molecule has 2 saturated heterocycles. The van der Waals surface area contributed by atoms with Crippen molar-refractivity contribution < 1.29 is 9.59 Å². The van der Waals surface area contributed by atoms with E-state index in [0.29, 0.717) is 32.6 Å². The van der Waals surface area contributed by atoms with Gasteiger partial charge in [-0.3, -0.25) is 20.4 Å². The maximum atomic E-state index is 13.5. The molecule has 1 aromatic carbocycles. The monoisotopic (exact) mass is 448 g/mol. The minimum absolute atomic E-state index is 0.0327. The third-order valence-corrected chi connectivity index (χ3v) is 6.77. The summed E-state index contributed by atoms with van der Waals surface area (Å²) >= 11 is 0. The lowest BCUT2D eigenvalue weighted by Crippen LogP contribution is -2.56. The van der Waals surface area contributed by atoms with Crippen molar-refractivity contribution in [3.8, 4) is 11.1 Å². The van der Waals surface area contributed by atoms with Crippen LogP contribution in [0, 0.1) is 11.3 Å². The molecule has 8 heteroatoms. The fourth-order valence-electron chi connectivity index (χ4n) is 4.98. The highest BCUT2D eigenvalue weighted by atomic mass is 16.2. The van der Waals surface area contributed by atoms with Gasteiger partial charge in [0, 0.05) is 50.2 Å². The number of likely N-dealkylation sites (tertiary alicyclic amines) is 1. The first-order valence-electron chi connectivity index (χ1n) is 11.5. The quantitative estimate of drug-likeness (QED) is 0.558. The fourth-order valence-corrected chi connectivity index (χ4v) is 4.98. The summed E-state index contributed by atoms with van der Waals surface area (Å²) in [7, 11) is 0. The number of nitrogens with zero attached hydrogens (tertiary/aromatic N) is 3. The van der Waals surface area contributed by atoms with Gasteiger partial charge >= 0.3 is 0 Å². The van der Waals surface area contributed by atoms with E-state index in [9.17, 15) is 9.59 Å². The highest BCUT2D eigenvalue weighted by Gasteiger charge is 2.45. The number of rotatable bonds is 7. The molecule has 2 aromatic rings. The number of nitrogens with one attached hydrogen (secondary N) is 3. The number of hydrazine groups is 1. The van der Waals surface area contributed by atoms with Gasteiger partial charge in [0.2, 0.25) is 11.8 Å². The van der Waals surface area contributed by atoms with Crippen molar-refractivity contribution in [2.75, 3.05) is 26.2 Å². The molecule has 3 atom stereocenters. The molecule has 3 heterocycles. The predicted molar refractivity (Wildman–Crippen MR) is 127 cm³/mol. The van der Waals surface area contributed by atoms with Crippen molar-refractivity contribution in [1.82, 2.24) is 31.0 Å². The van der Waals surface area contributed by atoms with Crippen molar-refractivity contribution >= 4 is 11.8 Å². The molecule has 0 radical (unpaired) electrons. The van der Waals surface area contributed by atoms with E-state index in [-0.39, 0.29) is 23.8 Å². The average molecular weight is 449 g/mol. The van der Waals surface area contributed by atoms with Gasteiger partial charge in [0.05, 0.1) is 11.3 Å². The van der Waals surface area contributed by atoms with Gasteiger partial charge in [-0.1, -0.05) is 30.3 Å². The average Bonchev–Trinajstić information content (AvgIpc) is 3.28. The smallest absolute Gasteiger partial charge is 0.228 e. The van der Waals surface area contributed by atoms with Crippen LogP contribution >= 0.6 is 0 Å². The van der Waals surface area contributed by atoms with E-state index in [0.717, 1.165) is 29.5 Å². The molecule has 3 unspecified atom stereocenters. The first kappa shape index (κ1) is 23.1. The van der Waals surface area contributed by atoms with Crippen LogP contribution in [0.25, 0.3) is 11.1 Å². The Labute approximate surface area is 194 Å². The Bertz CT molecular complexity index is 997. The summed E-state index contributed by atoms with van der Waals surface area (Å²) in [6, 6.07) is 8.11. The van der Waals surface area contributed by atoms with Crippen molar-refractivity contribution in [3.63, 3.8) is 0 Å². The van der Waals surface area contributed by atoms with Gasteiger partial charge in [0.25, 0.3) is 0 Å². The van der Waals surface area contributed by atoms with Crippen molar-refractivity contribution in [2.24, 2.45) is 11.3 Å². The predicted octanol–water partition coefficient (Wildman–Crippen LogP) is 1.71. The maximum absolute atomic E-state index is 13.5. The number of aromatic nitrogens is 2. The SMILES string of the molecule is C=CCNC(=O)C1(Cc2ccccc2-c2cncnc2)CCCN(C(=O)C2CNNC2C)C1. The van der Waals surface area contributed by atoms with E-state index >= 15 is 0 Å². The normalized spacial score (nSPS) is 24.9. The molecular weight excluding hydrogens is 416 g/mol. The number of piperidine rings is 1. The summed E-state index contributed by atoms with van der Waals surface area (Å²) in [4.78, 5) is 37.1. The zero-order chi connectivity index (χ0) is 23.3. The van der Waals surface area contributed by atoms with Gasteiger partial charge in [0.15, 0.2) is 0 Å². The van der Waals surface area contributed by atoms with Gasteiger partial charge in [0.1, 0.15) is 6.33 Å². The second-order valence-corrected chi connectivity index (χ2v) is 9.02. The summed E-state index contributed by atoms with van der Waals surface area (Å²) in [6.07, 6.45) is 8.80. The first-order chi connectivity index (χ1) is 16.0. The van der Waals surface area contributed by atoms with Gasteiger partial charge in [-0.15, -0.1) is 6.58 Å². The van der Waals surface area contributed by atoms with E-state index < -0.39 is 5.41 Å². The van der Waals surface area contributed by atoms with Crippen LogP contribution in [0.15, 0.2) is 55.6 Å². The topological polar surface area (TPSA) is 99.2 Å². The van der Waals surface area contributed by atoms with Gasteiger partial charge in [-0.05, 0) is 37.3 Å². The van der Waals surface area contributed by atoms with E-state index in [1.54, 1.807) is 18.5 Å². The standard InChI is InChI=1S/C25H32N6O2/c1-3-10-28-24(33)25(9-6-11-31(16-25)23(32)22-15-29-30-18(22)2)12-19-7-4-5-8-21(19)20-13-26-17-27-14-20/h3-5,7-8,13-14,17-18,22,29-30H,1,6,9-12,15-16H2,2H3,(H,28,33). The van der Waals surface area contributed by atoms with Gasteiger partial charge in [-0.25, -0.2) is 9.97 Å². The Morgan fingerprint density at radius 1 is 1.30 bits per heavy atom. The molecule has 2 aliphatic heterocycles. The van der Waals surface area contributed by atoms with Crippen LogP contribution in [-0.2, 0) is 16.0 Å². The van der Waals surface area contributed by atoms with Crippen LogP contribution in [-0.4, -0.2) is 58.9 Å². The lowest BCUT2D eigenvalue weighted by atomic mass is 9.73. The highest BCUT2D eigenvalue weighted by Crippen LogP contribution is 2.37. The molecule has 174 valence electrons. The van der Waals surface area contributed by atoms with E-state index in [4.69, 9.17) is 0 Å². The Morgan fingerprint density at radius 3 is 2.82 bits per heavy atom. The Hall–Kier alpha value is -3.10. The molecule has 0 bridgehead atoms. The second kappa shape index (κ2) is 10.2.